The van der Waals surface area contributed by atoms with Gasteiger partial charge in [-0.05, 0) is 32.4 Å². The van der Waals surface area contributed by atoms with E-state index in [1.165, 1.54) is 6.20 Å². The molecule has 4 N–H and O–H groups in total. The zero-order valence-electron chi connectivity index (χ0n) is 16.6. The van der Waals surface area contributed by atoms with Crippen molar-refractivity contribution in [3.63, 3.8) is 0 Å². The minimum atomic E-state index is -4.84. The van der Waals surface area contributed by atoms with Crippen LogP contribution in [-0.2, 0) is 14.1 Å². The average molecular weight is 410 g/mol. The number of ketones is 1. The molecule has 1 amide bonds. The summed E-state index contributed by atoms with van der Waals surface area (Å²) in [6, 6.07) is 5.53. The number of alkyl carbamates (subject to hydrolysis) is 1. The Bertz CT molecular complexity index is 909. The lowest BCUT2D eigenvalue weighted by atomic mass is 9.95. The maximum atomic E-state index is 12.8. The van der Waals surface area contributed by atoms with Gasteiger partial charge < -0.3 is 24.8 Å². The van der Waals surface area contributed by atoms with Crippen LogP contribution in [0.2, 0.25) is 0 Å². The summed E-state index contributed by atoms with van der Waals surface area (Å²) in [6.07, 6.45) is 0.552. The van der Waals surface area contributed by atoms with E-state index in [2.05, 4.69) is 10.3 Å². The average Bonchev–Trinajstić information content (AvgIpc) is 2.94. The molecule has 28 heavy (non-hydrogen) atoms. The fourth-order valence-corrected chi connectivity index (χ4v) is 4.18. The van der Waals surface area contributed by atoms with Gasteiger partial charge in [0.15, 0.2) is 5.78 Å². The van der Waals surface area contributed by atoms with E-state index in [0.717, 1.165) is 0 Å². The normalized spacial score (nSPS) is 14.7. The van der Waals surface area contributed by atoms with Crippen molar-refractivity contribution in [1.29, 1.82) is 0 Å². The molecule has 1 heterocycles. The van der Waals surface area contributed by atoms with Crippen molar-refractivity contribution < 1.29 is 28.7 Å². The number of nitrogens with one attached hydrogen (secondary N) is 2. The molecule has 2 rings (SSSR count). The fraction of sp³-hybridized carbons (Fsp3) is 0.474. The Balaban J connectivity index is 2.55. The van der Waals surface area contributed by atoms with Crippen LogP contribution in [-0.4, -0.2) is 38.3 Å². The highest BCUT2D eigenvalue weighted by molar-refractivity contribution is 7.52. The second kappa shape index (κ2) is 8.07. The first-order valence-corrected chi connectivity index (χ1v) is 10.6. The predicted octanol–water partition coefficient (Wildman–Crippen LogP) is 3.51. The number of benzene rings is 1. The Hall–Kier alpha value is -2.15. The van der Waals surface area contributed by atoms with Crippen LogP contribution in [0.3, 0.4) is 0 Å². The molecule has 0 bridgehead atoms. The zero-order valence-corrected chi connectivity index (χ0v) is 17.5. The number of ether oxygens (including phenoxy) is 1. The third kappa shape index (κ3) is 5.22. The van der Waals surface area contributed by atoms with Gasteiger partial charge in [0, 0.05) is 23.0 Å². The van der Waals surface area contributed by atoms with Gasteiger partial charge in [-0.1, -0.05) is 32.0 Å². The van der Waals surface area contributed by atoms with Gasteiger partial charge >= 0.3 is 13.7 Å². The second-order valence-corrected chi connectivity index (χ2v) is 9.74. The molecule has 8 nitrogen and oxygen atoms in total. The summed E-state index contributed by atoms with van der Waals surface area (Å²) in [5, 5.41) is 2.97. The smallest absolute Gasteiger partial charge is 0.408 e. The van der Waals surface area contributed by atoms with Crippen LogP contribution >= 0.6 is 7.60 Å². The van der Waals surface area contributed by atoms with Gasteiger partial charge in [0.25, 0.3) is 0 Å². The van der Waals surface area contributed by atoms with E-state index in [4.69, 9.17) is 4.74 Å². The molecule has 2 aromatic rings. The molecule has 1 aromatic heterocycles. The lowest BCUT2D eigenvalue weighted by molar-refractivity contribution is -0.124. The van der Waals surface area contributed by atoms with Crippen LogP contribution in [0.1, 0.15) is 45.8 Å². The third-order valence-corrected chi connectivity index (χ3v) is 5.47. The SMILES string of the molecule is CC(C)C(=O)C(NC(=O)OC(C)(C)C)C(c1c[nH]c2ccccc12)P(=O)(O)O. The highest BCUT2D eigenvalue weighted by Gasteiger charge is 2.44. The summed E-state index contributed by atoms with van der Waals surface area (Å²) in [7, 11) is -4.84. The molecule has 2 atom stereocenters. The number of rotatable bonds is 6. The topological polar surface area (TPSA) is 129 Å². The fourth-order valence-electron chi connectivity index (χ4n) is 2.99. The quantitative estimate of drug-likeness (QED) is 0.540. The van der Waals surface area contributed by atoms with Crippen molar-refractivity contribution in [2.45, 2.75) is 51.9 Å². The van der Waals surface area contributed by atoms with E-state index >= 15 is 0 Å². The van der Waals surface area contributed by atoms with Gasteiger partial charge in [-0.25, -0.2) is 4.79 Å². The van der Waals surface area contributed by atoms with E-state index in [1.54, 1.807) is 58.9 Å². The molecule has 0 saturated heterocycles. The first-order chi connectivity index (χ1) is 12.8. The number of carbonyl (C=O) groups is 2. The largest absolute Gasteiger partial charge is 0.444 e. The second-order valence-electron chi connectivity index (χ2n) is 8.00. The number of Topliss-reactive ketones (excluding diaryl/α,β-unsaturated/α-hetero) is 1. The summed E-state index contributed by atoms with van der Waals surface area (Å²) < 4.78 is 17.6. The maximum absolute atomic E-state index is 12.8. The predicted molar refractivity (Wildman–Crippen MR) is 106 cm³/mol. The van der Waals surface area contributed by atoms with Crippen molar-refractivity contribution in [3.05, 3.63) is 36.0 Å². The highest BCUT2D eigenvalue weighted by Crippen LogP contribution is 2.55. The highest BCUT2D eigenvalue weighted by atomic mass is 31.2. The minimum Gasteiger partial charge on any atom is -0.444 e. The van der Waals surface area contributed by atoms with Gasteiger partial charge in [0.1, 0.15) is 17.3 Å². The van der Waals surface area contributed by atoms with Crippen LogP contribution in [0.5, 0.6) is 0 Å². The van der Waals surface area contributed by atoms with Gasteiger partial charge in [-0.3, -0.25) is 9.36 Å². The Labute approximate surface area is 163 Å². The maximum Gasteiger partial charge on any atom is 0.408 e. The molecule has 154 valence electrons. The monoisotopic (exact) mass is 410 g/mol. The lowest BCUT2D eigenvalue weighted by Gasteiger charge is -2.30. The van der Waals surface area contributed by atoms with Crippen molar-refractivity contribution in [2.24, 2.45) is 5.92 Å². The molecule has 0 fully saturated rings. The molecule has 0 saturated carbocycles. The van der Waals surface area contributed by atoms with E-state index in [0.29, 0.717) is 10.9 Å². The van der Waals surface area contributed by atoms with Crippen LogP contribution in [0.25, 0.3) is 10.9 Å². The number of para-hydroxylation sites is 1. The van der Waals surface area contributed by atoms with Crippen LogP contribution in [0.15, 0.2) is 30.5 Å². The molecular weight excluding hydrogens is 383 g/mol. The van der Waals surface area contributed by atoms with Gasteiger partial charge in [-0.2, -0.15) is 0 Å². The van der Waals surface area contributed by atoms with Gasteiger partial charge in [0.05, 0.1) is 0 Å². The van der Waals surface area contributed by atoms with E-state index in [-0.39, 0.29) is 5.56 Å². The van der Waals surface area contributed by atoms with Crippen LogP contribution in [0, 0.1) is 5.92 Å². The molecule has 0 aliphatic rings. The molecule has 9 heteroatoms. The molecule has 0 radical (unpaired) electrons. The van der Waals surface area contributed by atoms with Crippen LogP contribution < -0.4 is 5.32 Å². The summed E-state index contributed by atoms with van der Waals surface area (Å²) >= 11 is 0. The number of carbonyl (C=O) groups excluding carboxylic acids is 2. The van der Waals surface area contributed by atoms with Crippen molar-refractivity contribution in [1.82, 2.24) is 10.3 Å². The number of hydrogen-bond acceptors (Lipinski definition) is 4. The summed E-state index contributed by atoms with van der Waals surface area (Å²) in [5.41, 5.74) is -1.44. The zero-order chi connectivity index (χ0) is 21.3. The molecule has 0 aliphatic heterocycles. The van der Waals surface area contributed by atoms with E-state index in [1.807, 2.05) is 0 Å². The van der Waals surface area contributed by atoms with Crippen LogP contribution in [0.4, 0.5) is 4.79 Å². The van der Waals surface area contributed by atoms with E-state index in [9.17, 15) is 23.9 Å². The number of fused-ring (bicyclic) bond motifs is 1. The standard InChI is InChI=1S/C19H27N2O6P/c1-11(2)16(22)15(21-18(23)27-19(3,4)5)17(28(24,25)26)13-10-20-14-9-7-6-8-12(13)14/h6-11,15,17,20H,1-5H3,(H,21,23)(H2,24,25,26). The number of aromatic nitrogens is 1. The van der Waals surface area contributed by atoms with Gasteiger partial charge in [-0.15, -0.1) is 0 Å². The van der Waals surface area contributed by atoms with Gasteiger partial charge in [0.2, 0.25) is 0 Å². The Kier molecular flexibility index (Phi) is 6.38. The number of aromatic amines is 1. The molecule has 2 unspecified atom stereocenters. The Morgan fingerprint density at radius 3 is 2.32 bits per heavy atom. The number of H-pyrrole nitrogens is 1. The Morgan fingerprint density at radius 1 is 1.18 bits per heavy atom. The minimum absolute atomic E-state index is 0.263. The lowest BCUT2D eigenvalue weighted by Crippen LogP contribution is -2.48. The van der Waals surface area contributed by atoms with Crippen molar-refractivity contribution >= 4 is 30.4 Å². The van der Waals surface area contributed by atoms with E-state index < -0.39 is 42.7 Å². The third-order valence-electron chi connectivity index (χ3n) is 4.17. The van der Waals surface area contributed by atoms with Crippen molar-refractivity contribution in [2.75, 3.05) is 0 Å². The number of amides is 1. The molecular formula is C19H27N2O6P. The van der Waals surface area contributed by atoms with Crippen molar-refractivity contribution in [3.8, 4) is 0 Å². The summed E-state index contributed by atoms with van der Waals surface area (Å²) in [6.45, 7) is 8.19. The molecule has 0 spiro atoms. The first-order valence-electron chi connectivity index (χ1n) is 8.95. The number of hydrogen-bond donors (Lipinski definition) is 4. The first kappa shape index (κ1) is 22.1. The summed E-state index contributed by atoms with van der Waals surface area (Å²) in [5.74, 6) is -1.05. The molecule has 1 aromatic carbocycles. The molecule has 0 aliphatic carbocycles. The summed E-state index contributed by atoms with van der Waals surface area (Å²) in [4.78, 5) is 48.3. The Morgan fingerprint density at radius 2 is 1.79 bits per heavy atom.